The molecule has 0 saturated carbocycles. The van der Waals surface area contributed by atoms with Crippen LogP contribution in [0.2, 0.25) is 0 Å². The van der Waals surface area contributed by atoms with Crippen LogP contribution in [0.5, 0.6) is 11.5 Å². The minimum Gasteiger partial charge on any atom is -0.497 e. The summed E-state index contributed by atoms with van der Waals surface area (Å²) in [5.74, 6) is 0.885. The molecule has 0 N–H and O–H groups in total. The molecule has 0 fully saturated rings. The first-order valence-corrected chi connectivity index (χ1v) is 12.3. The number of rotatable bonds is 10. The number of aryl methyl sites for hydroxylation is 2. The summed E-state index contributed by atoms with van der Waals surface area (Å²) in [5, 5.41) is -0.213. The lowest BCUT2D eigenvalue weighted by Gasteiger charge is -2.09. The van der Waals surface area contributed by atoms with Gasteiger partial charge in [-0.05, 0) is 43.5 Å². The topological polar surface area (TPSA) is 127 Å². The number of methoxy groups -OCH3 is 2. The fourth-order valence-corrected chi connectivity index (χ4v) is 4.76. The normalized spacial score (nSPS) is 11.5. The number of hydrogen-bond donors (Lipinski definition) is 0. The van der Waals surface area contributed by atoms with Crippen LogP contribution in [0.4, 0.5) is 0 Å². The van der Waals surface area contributed by atoms with E-state index in [1.54, 1.807) is 39.5 Å². The SMILES string of the molecule is CCOC(=O)Cn1cnc(S(=O)(=O)n2ccc3ncc(CCc4cc(OC)cc(OC)c4)nc32)c1. The van der Waals surface area contributed by atoms with Crippen LogP contribution >= 0.6 is 0 Å². The number of carbonyl (C=O) groups is 1. The van der Waals surface area contributed by atoms with Gasteiger partial charge in [-0.2, -0.15) is 8.42 Å². The largest absolute Gasteiger partial charge is 0.497 e. The van der Waals surface area contributed by atoms with Gasteiger partial charge in [0.2, 0.25) is 0 Å². The predicted molar refractivity (Wildman–Crippen MR) is 126 cm³/mol. The number of imidazole rings is 1. The van der Waals surface area contributed by atoms with Crippen molar-refractivity contribution in [3.8, 4) is 11.5 Å². The van der Waals surface area contributed by atoms with Crippen LogP contribution in [0.3, 0.4) is 0 Å². The number of aromatic nitrogens is 5. The van der Waals surface area contributed by atoms with E-state index >= 15 is 0 Å². The highest BCUT2D eigenvalue weighted by Gasteiger charge is 2.23. The molecule has 0 aliphatic heterocycles. The molecule has 0 aliphatic carbocycles. The molecular weight excluding hydrogens is 474 g/mol. The molecule has 184 valence electrons. The van der Waals surface area contributed by atoms with Crippen molar-refractivity contribution in [3.05, 3.63) is 60.4 Å². The van der Waals surface area contributed by atoms with Gasteiger partial charge in [-0.3, -0.25) is 9.78 Å². The molecule has 35 heavy (non-hydrogen) atoms. The molecule has 0 radical (unpaired) electrons. The fraction of sp³-hybridized carbons (Fsp3) is 0.304. The molecule has 3 aromatic heterocycles. The lowest BCUT2D eigenvalue weighted by molar-refractivity contribution is -0.143. The molecular formula is C23H25N5O6S. The van der Waals surface area contributed by atoms with Crippen molar-refractivity contribution in [3.63, 3.8) is 0 Å². The van der Waals surface area contributed by atoms with Gasteiger partial charge < -0.3 is 18.8 Å². The highest BCUT2D eigenvalue weighted by atomic mass is 32.2. The van der Waals surface area contributed by atoms with Crippen LogP contribution in [0, 0.1) is 0 Å². The summed E-state index contributed by atoms with van der Waals surface area (Å²) in [6, 6.07) is 7.19. The second-order valence-electron chi connectivity index (χ2n) is 7.60. The lowest BCUT2D eigenvalue weighted by Crippen LogP contribution is -2.14. The Labute approximate surface area is 202 Å². The van der Waals surface area contributed by atoms with Crippen molar-refractivity contribution >= 4 is 27.2 Å². The Bertz CT molecular complexity index is 1440. The van der Waals surface area contributed by atoms with Gasteiger partial charge >= 0.3 is 5.97 Å². The van der Waals surface area contributed by atoms with Gasteiger partial charge in [-0.15, -0.1) is 0 Å². The number of hydrogen-bond acceptors (Lipinski definition) is 9. The van der Waals surface area contributed by atoms with Crippen LogP contribution in [0.1, 0.15) is 18.2 Å². The smallest absolute Gasteiger partial charge is 0.325 e. The van der Waals surface area contributed by atoms with Crippen LogP contribution in [0.15, 0.2) is 54.2 Å². The monoisotopic (exact) mass is 499 g/mol. The molecule has 0 spiro atoms. The van der Waals surface area contributed by atoms with E-state index in [1.807, 2.05) is 12.1 Å². The second kappa shape index (κ2) is 10.1. The molecule has 0 atom stereocenters. The van der Waals surface area contributed by atoms with Gasteiger partial charge in [0.15, 0.2) is 10.7 Å². The third-order valence-electron chi connectivity index (χ3n) is 5.24. The Morgan fingerprint density at radius 1 is 1.06 bits per heavy atom. The molecule has 4 rings (SSSR count). The van der Waals surface area contributed by atoms with E-state index in [-0.39, 0.29) is 23.8 Å². The van der Waals surface area contributed by atoms with Crippen LogP contribution in [0.25, 0.3) is 11.2 Å². The lowest BCUT2D eigenvalue weighted by atomic mass is 10.1. The van der Waals surface area contributed by atoms with Crippen molar-refractivity contribution in [2.24, 2.45) is 0 Å². The zero-order chi connectivity index (χ0) is 25.0. The zero-order valence-corrected chi connectivity index (χ0v) is 20.4. The van der Waals surface area contributed by atoms with Crippen molar-refractivity contribution in [1.82, 2.24) is 23.5 Å². The maximum absolute atomic E-state index is 13.2. The molecule has 1 aromatic carbocycles. The number of benzene rings is 1. The first-order chi connectivity index (χ1) is 16.8. The van der Waals surface area contributed by atoms with E-state index < -0.39 is 16.0 Å². The Kier molecular flexibility index (Phi) is 7.01. The number of carbonyl (C=O) groups excluding carboxylic acids is 1. The predicted octanol–water partition coefficient (Wildman–Crippen LogP) is 2.23. The third-order valence-corrected chi connectivity index (χ3v) is 6.79. The number of esters is 1. The van der Waals surface area contributed by atoms with E-state index in [2.05, 4.69) is 15.0 Å². The van der Waals surface area contributed by atoms with Gasteiger partial charge in [-0.1, -0.05) is 0 Å². The van der Waals surface area contributed by atoms with Gasteiger partial charge in [-0.25, -0.2) is 13.9 Å². The average Bonchev–Trinajstić information content (AvgIpc) is 3.50. The van der Waals surface area contributed by atoms with E-state index in [4.69, 9.17) is 14.2 Å². The van der Waals surface area contributed by atoms with Crippen molar-refractivity contribution in [2.45, 2.75) is 31.3 Å². The summed E-state index contributed by atoms with van der Waals surface area (Å²) in [4.78, 5) is 24.6. The summed E-state index contributed by atoms with van der Waals surface area (Å²) in [5.41, 5.74) is 2.25. The standard InChI is InChI=1S/C23H25N5O6S/c1-4-34-22(29)14-27-13-21(25-15-27)35(30,31)28-8-7-20-23(28)26-17(12-24-20)6-5-16-9-18(32-2)11-19(10-16)33-3/h7-13,15H,4-6,14H2,1-3H3. The van der Waals surface area contributed by atoms with Crippen molar-refractivity contribution in [2.75, 3.05) is 20.8 Å². The Balaban J connectivity index is 1.58. The number of nitrogens with zero attached hydrogens (tertiary/aromatic N) is 5. The number of ether oxygens (including phenoxy) is 3. The highest BCUT2D eigenvalue weighted by molar-refractivity contribution is 7.90. The van der Waals surface area contributed by atoms with Crippen molar-refractivity contribution < 1.29 is 27.4 Å². The first kappa shape index (κ1) is 24.2. The van der Waals surface area contributed by atoms with Crippen LogP contribution in [-0.4, -0.2) is 58.7 Å². The molecule has 12 heteroatoms. The summed E-state index contributed by atoms with van der Waals surface area (Å²) in [6.07, 6.45) is 6.73. The Hall–Kier alpha value is -3.93. The third kappa shape index (κ3) is 5.27. The van der Waals surface area contributed by atoms with Crippen LogP contribution in [-0.2, 0) is 38.9 Å². The maximum Gasteiger partial charge on any atom is 0.325 e. The van der Waals surface area contributed by atoms with Crippen LogP contribution < -0.4 is 9.47 Å². The van der Waals surface area contributed by atoms with Gasteiger partial charge in [0.25, 0.3) is 10.0 Å². The molecule has 0 saturated heterocycles. The van der Waals surface area contributed by atoms with E-state index in [0.29, 0.717) is 35.6 Å². The molecule has 0 aliphatic rings. The van der Waals surface area contributed by atoms with Gasteiger partial charge in [0.05, 0.1) is 32.8 Å². The molecule has 11 nitrogen and oxygen atoms in total. The molecule has 4 aromatic rings. The van der Waals surface area contributed by atoms with E-state index in [1.165, 1.54) is 23.3 Å². The Morgan fingerprint density at radius 3 is 2.49 bits per heavy atom. The summed E-state index contributed by atoms with van der Waals surface area (Å²) >= 11 is 0. The second-order valence-corrected chi connectivity index (χ2v) is 9.36. The fourth-order valence-electron chi connectivity index (χ4n) is 3.53. The van der Waals surface area contributed by atoms with Crippen molar-refractivity contribution in [1.29, 1.82) is 0 Å². The summed E-state index contributed by atoms with van der Waals surface area (Å²) in [7, 11) is -0.875. The zero-order valence-electron chi connectivity index (χ0n) is 19.5. The number of fused-ring (bicyclic) bond motifs is 1. The minimum absolute atomic E-state index is 0.137. The molecule has 0 amide bonds. The van der Waals surface area contributed by atoms with E-state index in [9.17, 15) is 13.2 Å². The average molecular weight is 500 g/mol. The van der Waals surface area contributed by atoms with E-state index in [0.717, 1.165) is 9.54 Å². The Morgan fingerprint density at radius 2 is 1.80 bits per heavy atom. The minimum atomic E-state index is -4.05. The molecule has 3 heterocycles. The molecule has 0 unspecified atom stereocenters. The summed E-state index contributed by atoms with van der Waals surface area (Å²) < 4.78 is 44.4. The van der Waals surface area contributed by atoms with Gasteiger partial charge in [0.1, 0.15) is 23.6 Å². The molecule has 0 bridgehead atoms. The highest BCUT2D eigenvalue weighted by Crippen LogP contribution is 2.24. The maximum atomic E-state index is 13.2. The van der Waals surface area contributed by atoms with Gasteiger partial charge in [0, 0.05) is 24.7 Å². The first-order valence-electron chi connectivity index (χ1n) is 10.8. The quantitative estimate of drug-likeness (QED) is 0.302. The summed E-state index contributed by atoms with van der Waals surface area (Å²) in [6.45, 7) is 1.80.